The number of halogens is 2. The van der Waals surface area contributed by atoms with Crippen LogP contribution in [0, 0.1) is 6.92 Å². The molecule has 1 N–H and O–H groups in total. The average molecular weight is 423 g/mol. The maximum atomic E-state index is 11.9. The molecule has 0 amide bonds. The van der Waals surface area contributed by atoms with Gasteiger partial charge < -0.3 is 5.11 Å². The molecule has 0 radical (unpaired) electrons. The smallest absolute Gasteiger partial charge is 0.356 e. The lowest BCUT2D eigenvalue weighted by Gasteiger charge is -2.18. The molecule has 0 bridgehead atoms. The van der Waals surface area contributed by atoms with Gasteiger partial charge in [-0.25, -0.2) is 9.78 Å². The van der Waals surface area contributed by atoms with Crippen molar-refractivity contribution in [2.75, 3.05) is 0 Å². The predicted molar refractivity (Wildman–Crippen MR) is 116 cm³/mol. The van der Waals surface area contributed by atoms with Gasteiger partial charge >= 0.3 is 5.97 Å². The van der Waals surface area contributed by atoms with Gasteiger partial charge in [-0.3, -0.25) is 4.98 Å². The quantitative estimate of drug-likeness (QED) is 0.407. The van der Waals surface area contributed by atoms with Crippen LogP contribution in [-0.4, -0.2) is 21.0 Å². The number of rotatable bonds is 10. The fraction of sp³-hybridized carbons (Fsp3) is 0.500. The number of hydrogen-bond acceptors (Lipinski definition) is 3. The Morgan fingerprint density at radius 2 is 1.82 bits per heavy atom. The van der Waals surface area contributed by atoms with E-state index in [0.29, 0.717) is 32.7 Å². The maximum Gasteiger partial charge on any atom is 0.356 e. The van der Waals surface area contributed by atoms with Crippen molar-refractivity contribution in [3.8, 4) is 11.3 Å². The Morgan fingerprint density at radius 3 is 2.46 bits per heavy atom. The molecule has 0 aliphatic carbocycles. The molecule has 152 valence electrons. The van der Waals surface area contributed by atoms with Gasteiger partial charge in [0, 0.05) is 11.5 Å². The topological polar surface area (TPSA) is 63.1 Å². The molecule has 0 saturated carbocycles. The normalized spacial score (nSPS) is 12.2. The summed E-state index contributed by atoms with van der Waals surface area (Å²) in [6.45, 7) is 6.10. The Kier molecular flexibility index (Phi) is 8.71. The van der Waals surface area contributed by atoms with Crippen LogP contribution in [0.25, 0.3) is 11.3 Å². The van der Waals surface area contributed by atoms with Gasteiger partial charge in [0.2, 0.25) is 0 Å². The summed E-state index contributed by atoms with van der Waals surface area (Å²) >= 11 is 12.4. The van der Waals surface area contributed by atoms with Crippen molar-refractivity contribution in [3.63, 3.8) is 0 Å². The van der Waals surface area contributed by atoms with Crippen LogP contribution in [0.15, 0.2) is 18.2 Å². The summed E-state index contributed by atoms with van der Waals surface area (Å²) in [5, 5.41) is 10.5. The number of hydrogen-bond donors (Lipinski definition) is 1. The predicted octanol–water partition coefficient (Wildman–Crippen LogP) is 7.31. The second kappa shape index (κ2) is 10.8. The van der Waals surface area contributed by atoms with E-state index in [-0.39, 0.29) is 11.6 Å². The number of unbranched alkanes of at least 4 members (excludes halogenated alkanes) is 4. The first-order valence-corrected chi connectivity index (χ1v) is 10.7. The van der Waals surface area contributed by atoms with Crippen LogP contribution >= 0.6 is 23.2 Å². The molecule has 2 aromatic rings. The van der Waals surface area contributed by atoms with Crippen molar-refractivity contribution >= 4 is 29.2 Å². The minimum Gasteiger partial charge on any atom is -0.476 e. The molecule has 0 spiro atoms. The third kappa shape index (κ3) is 5.45. The monoisotopic (exact) mass is 422 g/mol. The molecule has 1 atom stereocenters. The fourth-order valence-electron chi connectivity index (χ4n) is 3.45. The zero-order chi connectivity index (χ0) is 20.7. The van der Waals surface area contributed by atoms with Gasteiger partial charge in [-0.05, 0) is 25.8 Å². The molecule has 2 rings (SSSR count). The highest BCUT2D eigenvalue weighted by Crippen LogP contribution is 2.35. The Balaban J connectivity index is 2.39. The van der Waals surface area contributed by atoms with E-state index in [4.69, 9.17) is 23.2 Å². The molecule has 0 aliphatic heterocycles. The van der Waals surface area contributed by atoms with Crippen LogP contribution in [0.1, 0.15) is 86.6 Å². The first-order valence-electron chi connectivity index (χ1n) is 9.96. The van der Waals surface area contributed by atoms with Gasteiger partial charge in [0.05, 0.1) is 27.1 Å². The highest BCUT2D eigenvalue weighted by molar-refractivity contribution is 6.43. The fourth-order valence-corrected chi connectivity index (χ4v) is 3.84. The summed E-state index contributed by atoms with van der Waals surface area (Å²) in [4.78, 5) is 21.1. The van der Waals surface area contributed by atoms with Gasteiger partial charge in [0.25, 0.3) is 0 Å². The second-order valence-corrected chi connectivity index (χ2v) is 7.89. The molecule has 28 heavy (non-hydrogen) atoms. The summed E-state index contributed by atoms with van der Waals surface area (Å²) in [6, 6.07) is 5.24. The lowest BCUT2D eigenvalue weighted by molar-refractivity contribution is 0.0687. The van der Waals surface area contributed by atoms with Gasteiger partial charge in [0.15, 0.2) is 5.69 Å². The number of carboxylic acid groups (broad SMARTS) is 1. The summed E-state index contributed by atoms with van der Waals surface area (Å²) < 4.78 is 0. The van der Waals surface area contributed by atoms with E-state index in [1.165, 1.54) is 19.3 Å². The standard InChI is InChI=1S/C22H28Cl2N2O2/c1-4-6-7-8-9-11-15(5-2)20-21(22(27)28)26-19(14(3)25-20)16-12-10-13-17(23)18(16)24/h10,12-13,15H,4-9,11H2,1-3H3,(H,27,28). The third-order valence-corrected chi connectivity index (χ3v) is 5.86. The molecule has 0 saturated heterocycles. The first kappa shape index (κ1) is 22.6. The van der Waals surface area contributed by atoms with Gasteiger partial charge in [-0.15, -0.1) is 0 Å². The van der Waals surface area contributed by atoms with Crippen LogP contribution in [0.3, 0.4) is 0 Å². The molecule has 0 aliphatic rings. The van der Waals surface area contributed by atoms with E-state index in [1.54, 1.807) is 18.2 Å². The summed E-state index contributed by atoms with van der Waals surface area (Å²) in [5.41, 5.74) is 2.31. The number of aryl methyl sites for hydroxylation is 1. The number of carbonyl (C=O) groups is 1. The maximum absolute atomic E-state index is 11.9. The molecule has 0 fully saturated rings. The van der Waals surface area contributed by atoms with E-state index in [0.717, 1.165) is 25.7 Å². The van der Waals surface area contributed by atoms with Crippen molar-refractivity contribution in [2.45, 2.75) is 71.6 Å². The zero-order valence-electron chi connectivity index (χ0n) is 16.8. The van der Waals surface area contributed by atoms with E-state index in [1.807, 2.05) is 6.92 Å². The largest absolute Gasteiger partial charge is 0.476 e. The summed E-state index contributed by atoms with van der Waals surface area (Å²) in [6.07, 6.45) is 7.65. The van der Waals surface area contributed by atoms with Crippen molar-refractivity contribution in [1.29, 1.82) is 0 Å². The highest BCUT2D eigenvalue weighted by atomic mass is 35.5. The van der Waals surface area contributed by atoms with E-state index in [2.05, 4.69) is 23.8 Å². The number of aromatic carboxylic acids is 1. The Bertz CT molecular complexity index is 824. The minimum atomic E-state index is -1.06. The Labute approximate surface area is 177 Å². The molecule has 1 aromatic carbocycles. The van der Waals surface area contributed by atoms with Crippen LogP contribution in [0.4, 0.5) is 0 Å². The number of nitrogens with zero attached hydrogens (tertiary/aromatic N) is 2. The van der Waals surface area contributed by atoms with Crippen LogP contribution < -0.4 is 0 Å². The van der Waals surface area contributed by atoms with Crippen LogP contribution in [0.2, 0.25) is 10.0 Å². The van der Waals surface area contributed by atoms with E-state index < -0.39 is 5.97 Å². The SMILES string of the molecule is CCCCCCCC(CC)c1nc(C)c(-c2cccc(Cl)c2Cl)nc1C(=O)O. The van der Waals surface area contributed by atoms with Crippen LogP contribution in [0.5, 0.6) is 0 Å². The zero-order valence-corrected chi connectivity index (χ0v) is 18.3. The molecule has 4 nitrogen and oxygen atoms in total. The number of carboxylic acids is 1. The molecule has 6 heteroatoms. The van der Waals surface area contributed by atoms with Crippen molar-refractivity contribution in [1.82, 2.24) is 9.97 Å². The molecule has 1 heterocycles. The molecule has 1 aromatic heterocycles. The van der Waals surface area contributed by atoms with Crippen LogP contribution in [-0.2, 0) is 0 Å². The number of aromatic nitrogens is 2. The van der Waals surface area contributed by atoms with Crippen molar-refractivity contribution in [2.24, 2.45) is 0 Å². The van der Waals surface area contributed by atoms with E-state index in [9.17, 15) is 9.90 Å². The third-order valence-electron chi connectivity index (χ3n) is 5.04. The molecule has 1 unspecified atom stereocenters. The first-order chi connectivity index (χ1) is 13.4. The second-order valence-electron chi connectivity index (χ2n) is 7.11. The van der Waals surface area contributed by atoms with E-state index >= 15 is 0 Å². The minimum absolute atomic E-state index is 0.0112. The highest BCUT2D eigenvalue weighted by Gasteiger charge is 2.24. The Morgan fingerprint density at radius 1 is 1.11 bits per heavy atom. The lowest BCUT2D eigenvalue weighted by atomic mass is 9.92. The number of benzene rings is 1. The average Bonchev–Trinajstić information content (AvgIpc) is 2.67. The van der Waals surface area contributed by atoms with Gasteiger partial charge in [0.1, 0.15) is 0 Å². The lowest BCUT2D eigenvalue weighted by Crippen LogP contribution is -2.14. The van der Waals surface area contributed by atoms with Gasteiger partial charge in [-0.2, -0.15) is 0 Å². The summed E-state index contributed by atoms with van der Waals surface area (Å²) in [5.74, 6) is -0.978. The van der Waals surface area contributed by atoms with Crippen molar-refractivity contribution in [3.05, 3.63) is 45.3 Å². The van der Waals surface area contributed by atoms with Crippen molar-refractivity contribution < 1.29 is 9.90 Å². The molecular weight excluding hydrogens is 395 g/mol. The Hall–Kier alpha value is -1.65. The molecular formula is C22H28Cl2N2O2. The van der Waals surface area contributed by atoms with Gasteiger partial charge in [-0.1, -0.05) is 81.3 Å². The summed E-state index contributed by atoms with van der Waals surface area (Å²) in [7, 11) is 0.